The number of aromatic nitrogens is 20. The van der Waals surface area contributed by atoms with Crippen molar-refractivity contribution < 1.29 is 84.3 Å². The van der Waals surface area contributed by atoms with E-state index >= 15 is 0 Å². The number of hydrogen-bond donors (Lipinski definition) is 4. The van der Waals surface area contributed by atoms with Gasteiger partial charge in [0.05, 0.1) is 33.5 Å². The van der Waals surface area contributed by atoms with E-state index in [-0.39, 0.29) is 108 Å². The van der Waals surface area contributed by atoms with Crippen LogP contribution in [0.5, 0.6) is 0 Å². The zero-order chi connectivity index (χ0) is 49.7. The predicted octanol–water partition coefficient (Wildman–Crippen LogP) is 5.84. The van der Waals surface area contributed by atoms with Crippen LogP contribution in [0, 0.1) is 27.7 Å². The third-order valence-electron chi connectivity index (χ3n) is 8.56. The molecule has 0 aliphatic carbocycles. The Morgan fingerprint density at radius 1 is 0.375 bits per heavy atom. The average molecular weight is 1650 g/mol. The van der Waals surface area contributed by atoms with Gasteiger partial charge in [-0.05, 0) is 59.7 Å². The second-order valence-electron chi connectivity index (χ2n) is 12.5. The Labute approximate surface area is 472 Å². The Kier molecular flexibility index (Phi) is 26.0. The Morgan fingerprint density at radius 2 is 0.778 bits per heavy atom. The minimum Gasteiger partial charge on any atom is -0.366 e. The van der Waals surface area contributed by atoms with Gasteiger partial charge in [0.15, 0.2) is 28.2 Å². The molecule has 0 aliphatic heterocycles. The maximum atomic E-state index is 5.54. The molecule has 12 rings (SSSR count). The number of fused-ring (bicyclic) bond motifs is 12. The minimum absolute atomic E-state index is 0. The summed E-state index contributed by atoms with van der Waals surface area (Å²) < 4.78 is 6.04. The van der Waals surface area contributed by atoms with Crippen LogP contribution in [0.25, 0.3) is 66.5 Å². The fourth-order valence-corrected chi connectivity index (χ4v) is 6.08. The minimum atomic E-state index is 0. The first-order valence-corrected chi connectivity index (χ1v) is 21.4. The monoisotopic (exact) mass is 1650 g/mol. The molecule has 0 aliphatic rings. The van der Waals surface area contributed by atoms with E-state index in [1.54, 1.807) is 43.2 Å². The fourth-order valence-electron chi connectivity index (χ4n) is 6.08. The predicted molar refractivity (Wildman–Crippen MR) is 265 cm³/mol. The molecular formula is C44H52N24W4-4. The normalized spacial score (nSPS) is 9.67. The Hall–Kier alpha value is -6.73. The number of pyridine rings is 4. The van der Waals surface area contributed by atoms with Crippen molar-refractivity contribution in [2.24, 2.45) is 0 Å². The zero-order valence-corrected chi connectivity index (χ0v) is 52.4. The molecule has 0 saturated heterocycles. The smallest absolute Gasteiger partial charge is 0.240 e. The van der Waals surface area contributed by atoms with Crippen LogP contribution in [0.4, 0.5) is 23.8 Å². The summed E-state index contributed by atoms with van der Waals surface area (Å²) in [4.78, 5) is 49.7. The first-order chi connectivity index (χ1) is 33.0. The molecule has 72 heavy (non-hydrogen) atoms. The molecular weight excluding hydrogens is 1600 g/mol. The first-order valence-electron chi connectivity index (χ1n) is 21.4. The van der Waals surface area contributed by atoms with E-state index in [0.717, 1.165) is 32.7 Å². The molecule has 0 aromatic carbocycles. The van der Waals surface area contributed by atoms with Gasteiger partial charge in [-0.25, -0.2) is 28.0 Å². The van der Waals surface area contributed by atoms with Gasteiger partial charge in [0.1, 0.15) is 5.52 Å². The molecule has 0 spiro atoms. The second-order valence-corrected chi connectivity index (χ2v) is 12.5. The summed E-state index contributed by atoms with van der Waals surface area (Å²) in [5, 5.41) is 18.5. The molecule has 8 N–H and O–H groups in total. The van der Waals surface area contributed by atoms with E-state index < -0.39 is 0 Å². The van der Waals surface area contributed by atoms with Crippen molar-refractivity contribution in [2.45, 2.75) is 55.4 Å². The van der Waals surface area contributed by atoms with E-state index in [1.807, 2.05) is 85.7 Å². The van der Waals surface area contributed by atoms with Gasteiger partial charge in [-0.2, -0.15) is 19.9 Å². The molecule has 0 bridgehead atoms. The molecule has 0 radical (unpaired) electrons. The molecule has 0 saturated carbocycles. The van der Waals surface area contributed by atoms with Crippen molar-refractivity contribution in [2.75, 3.05) is 22.9 Å². The Balaban J connectivity index is 0.000000450. The van der Waals surface area contributed by atoms with Gasteiger partial charge in [-0.15, -0.1) is 20.4 Å². The Bertz CT molecular complexity index is 3120. The molecule has 0 fully saturated rings. The summed E-state index contributed by atoms with van der Waals surface area (Å²) in [6.07, 6.45) is 10.0. The van der Waals surface area contributed by atoms with Crippen LogP contribution >= 0.6 is 0 Å². The second kappa shape index (κ2) is 29.6. The van der Waals surface area contributed by atoms with Crippen LogP contribution in [0.3, 0.4) is 0 Å². The summed E-state index contributed by atoms with van der Waals surface area (Å²) in [7, 11) is 0. The molecule has 12 heterocycles. The van der Waals surface area contributed by atoms with Gasteiger partial charge < -0.3 is 50.6 Å². The van der Waals surface area contributed by atoms with Crippen LogP contribution in [-0.4, -0.2) is 98.3 Å². The van der Waals surface area contributed by atoms with E-state index in [4.69, 9.17) is 22.9 Å². The van der Waals surface area contributed by atoms with Crippen molar-refractivity contribution >= 4 is 90.3 Å². The van der Waals surface area contributed by atoms with Crippen LogP contribution in [-0.2, 0) is 84.3 Å². The van der Waals surface area contributed by atoms with Gasteiger partial charge in [0.2, 0.25) is 23.8 Å². The molecule has 0 atom stereocenters. The molecule has 12 aromatic heterocycles. The quantitative estimate of drug-likeness (QED) is 0.130. The van der Waals surface area contributed by atoms with Gasteiger partial charge in [0, 0.05) is 121 Å². The average Bonchev–Trinajstić information content (AvgIpc) is 4.18. The largest absolute Gasteiger partial charge is 0.366 e. The van der Waals surface area contributed by atoms with Gasteiger partial charge in [-0.3, -0.25) is 29.9 Å². The van der Waals surface area contributed by atoms with E-state index in [0.29, 0.717) is 57.1 Å². The van der Waals surface area contributed by atoms with Gasteiger partial charge in [-0.1, -0.05) is 55.4 Å². The third kappa shape index (κ3) is 13.8. The van der Waals surface area contributed by atoms with Crippen LogP contribution in [0.2, 0.25) is 0 Å². The number of nitrogen functional groups attached to an aromatic ring is 4. The molecule has 376 valence electrons. The summed E-state index contributed by atoms with van der Waals surface area (Å²) in [5.74, 6) is 2.79. The molecule has 28 heteroatoms. The molecule has 0 amide bonds. The van der Waals surface area contributed by atoms with E-state index in [9.17, 15) is 0 Å². The topological polar surface area (TPSA) is 328 Å². The van der Waals surface area contributed by atoms with Gasteiger partial charge >= 0.3 is 0 Å². The number of hydrogen-bond acceptors (Lipinski definition) is 20. The molecule has 12 aromatic rings. The standard InChI is InChI=1S/4C9H7N6.4C2H6.4W/c1-5-12-7-2-3-11-4-6(7)8-13-9(10)14-15(5)8;1-5-12-7-4-11-3-2-6(7)8-13-9(10)14-15(5)8;1-5-12-6-3-2-4-11-7(6)8-13-9(10)14-15(5)8;1-5-12-7-6(3-2-4-11-7)8-13-9(10)14-15(5)8;4*1-2;;;;/h4*2-4H,1H2,(H2,10,14);4*1-2H3;;;;/q4*-1;;;;;;;;. The van der Waals surface area contributed by atoms with Crippen LogP contribution < -0.4 is 22.9 Å². The van der Waals surface area contributed by atoms with Gasteiger partial charge in [0.25, 0.3) is 0 Å². The van der Waals surface area contributed by atoms with Crippen molar-refractivity contribution in [3.63, 3.8) is 0 Å². The van der Waals surface area contributed by atoms with Crippen molar-refractivity contribution in [3.05, 3.63) is 125 Å². The number of anilines is 4. The molecule has 0 unspecified atom stereocenters. The fraction of sp³-hybridized carbons (Fsp3) is 0.182. The van der Waals surface area contributed by atoms with Crippen molar-refractivity contribution in [1.82, 2.24) is 98.3 Å². The summed E-state index contributed by atoms with van der Waals surface area (Å²) >= 11 is 0. The molecule has 24 nitrogen and oxygen atoms in total. The number of rotatable bonds is 0. The summed E-state index contributed by atoms with van der Waals surface area (Å²) in [6.45, 7) is 31.1. The van der Waals surface area contributed by atoms with Crippen LogP contribution in [0.1, 0.15) is 78.7 Å². The zero-order valence-electron chi connectivity index (χ0n) is 40.6. The Morgan fingerprint density at radius 3 is 1.33 bits per heavy atom. The van der Waals surface area contributed by atoms with Crippen LogP contribution in [0.15, 0.2) is 73.6 Å². The summed E-state index contributed by atoms with van der Waals surface area (Å²) in [5.41, 5.74) is 28.2. The van der Waals surface area contributed by atoms with E-state index in [1.165, 1.54) is 18.1 Å². The number of nitrogens with zero attached hydrogens (tertiary/aromatic N) is 20. The van der Waals surface area contributed by atoms with Crippen molar-refractivity contribution in [3.8, 4) is 0 Å². The maximum Gasteiger partial charge on any atom is 0.240 e. The maximum absolute atomic E-state index is 5.54. The van der Waals surface area contributed by atoms with E-state index in [2.05, 4.69) is 108 Å². The SMILES string of the molecule is CC.CC.CC.CC.[CH2-]c1nc2cccnc2c2nc(N)nn12.[CH2-]c1nc2ccncc2c2nc(N)nn12.[CH2-]c1nc2cnccc2c2nc(N)nn12.[CH2-]c1nc2ncccc2c2nc(N)nn12.[W].[W].[W].[W]. The first kappa shape index (κ1) is 63.3. The third-order valence-corrected chi connectivity index (χ3v) is 8.56. The number of nitrogens with two attached hydrogens (primary N) is 4. The van der Waals surface area contributed by atoms with Crippen molar-refractivity contribution in [1.29, 1.82) is 0 Å². The summed E-state index contributed by atoms with van der Waals surface area (Å²) in [6, 6.07) is 11.0.